The average Bonchev–Trinajstić information content (AvgIpc) is 2.03. The summed E-state index contributed by atoms with van der Waals surface area (Å²) >= 11 is 0. The summed E-state index contributed by atoms with van der Waals surface area (Å²) in [5.74, 6) is 0.413. The molecule has 1 fully saturated rings. The monoisotopic (exact) mass is 170 g/mol. The van der Waals surface area contributed by atoms with Gasteiger partial charge in [-0.3, -0.25) is 4.79 Å². The molecule has 1 aliphatic heterocycles. The first-order chi connectivity index (χ1) is 5.70. The Labute approximate surface area is 73.9 Å². The Morgan fingerprint density at radius 2 is 2.42 bits per heavy atom. The highest BCUT2D eigenvalue weighted by molar-refractivity contribution is 5.79. The summed E-state index contributed by atoms with van der Waals surface area (Å²) in [4.78, 5) is 11.3. The van der Waals surface area contributed by atoms with Crippen molar-refractivity contribution in [3.8, 4) is 0 Å². The molecule has 1 unspecified atom stereocenters. The van der Waals surface area contributed by atoms with Crippen molar-refractivity contribution in [3.05, 3.63) is 0 Å². The van der Waals surface area contributed by atoms with E-state index in [1.165, 1.54) is 0 Å². The van der Waals surface area contributed by atoms with Gasteiger partial charge in [-0.2, -0.15) is 0 Å². The van der Waals surface area contributed by atoms with Gasteiger partial charge in [-0.15, -0.1) is 0 Å². The normalized spacial score (nSPS) is 24.2. The van der Waals surface area contributed by atoms with Crippen LogP contribution in [-0.4, -0.2) is 25.0 Å². The topological polar surface area (TPSA) is 41.1 Å². The van der Waals surface area contributed by atoms with E-state index < -0.39 is 0 Å². The molecule has 1 amide bonds. The van der Waals surface area contributed by atoms with E-state index in [1.54, 1.807) is 0 Å². The Morgan fingerprint density at radius 1 is 1.67 bits per heavy atom. The number of nitrogens with one attached hydrogen (secondary N) is 2. The first kappa shape index (κ1) is 9.52. The fourth-order valence-electron chi connectivity index (χ4n) is 1.41. The molecule has 12 heavy (non-hydrogen) atoms. The maximum Gasteiger partial charge on any atom is 0.224 e. The molecule has 1 aliphatic rings. The molecule has 1 heterocycles. The van der Waals surface area contributed by atoms with Gasteiger partial charge in [0, 0.05) is 19.1 Å². The number of carbonyl (C=O) groups is 1. The van der Waals surface area contributed by atoms with Gasteiger partial charge in [0.25, 0.3) is 0 Å². The minimum Gasteiger partial charge on any atom is -0.356 e. The van der Waals surface area contributed by atoms with E-state index in [1.807, 2.05) is 0 Å². The van der Waals surface area contributed by atoms with Crippen LogP contribution in [-0.2, 0) is 4.79 Å². The maximum atomic E-state index is 11.3. The fraction of sp³-hybridized carbons (Fsp3) is 0.889. The summed E-state index contributed by atoms with van der Waals surface area (Å²) in [7, 11) is 0. The lowest BCUT2D eigenvalue weighted by molar-refractivity contribution is -0.126. The highest BCUT2D eigenvalue weighted by atomic mass is 16.1. The quantitative estimate of drug-likeness (QED) is 0.648. The Morgan fingerprint density at radius 3 is 3.00 bits per heavy atom. The maximum absolute atomic E-state index is 11.3. The molecular formula is C9H18N2O. The number of hydrogen-bond acceptors (Lipinski definition) is 2. The number of hydrogen-bond donors (Lipinski definition) is 2. The van der Waals surface area contributed by atoms with Gasteiger partial charge in [0.05, 0.1) is 5.92 Å². The van der Waals surface area contributed by atoms with Crippen molar-refractivity contribution in [1.82, 2.24) is 10.6 Å². The molecular weight excluding hydrogens is 152 g/mol. The van der Waals surface area contributed by atoms with Crippen LogP contribution in [0.3, 0.4) is 0 Å². The molecule has 0 saturated carbocycles. The minimum atomic E-state index is 0.196. The first-order valence-corrected chi connectivity index (χ1v) is 4.71. The molecule has 3 heteroatoms. The molecule has 1 rings (SSSR count). The van der Waals surface area contributed by atoms with Crippen LogP contribution in [0.4, 0.5) is 0 Å². The first-order valence-electron chi connectivity index (χ1n) is 4.71. The van der Waals surface area contributed by atoms with Crippen molar-refractivity contribution in [2.75, 3.05) is 13.1 Å². The van der Waals surface area contributed by atoms with Crippen molar-refractivity contribution >= 4 is 5.91 Å². The molecule has 2 N–H and O–H groups in total. The highest BCUT2D eigenvalue weighted by Gasteiger charge is 2.21. The molecule has 0 aromatic rings. The Bertz CT molecular complexity index is 157. The van der Waals surface area contributed by atoms with Crippen molar-refractivity contribution in [2.45, 2.75) is 32.7 Å². The third kappa shape index (κ3) is 2.81. The van der Waals surface area contributed by atoms with Gasteiger partial charge in [-0.25, -0.2) is 0 Å². The second-order valence-electron chi connectivity index (χ2n) is 3.69. The second-order valence-corrected chi connectivity index (χ2v) is 3.69. The van der Waals surface area contributed by atoms with E-state index in [9.17, 15) is 4.79 Å². The predicted molar refractivity (Wildman–Crippen MR) is 48.9 cm³/mol. The lowest BCUT2D eigenvalue weighted by Crippen LogP contribution is -2.42. The third-order valence-corrected chi connectivity index (χ3v) is 2.17. The van der Waals surface area contributed by atoms with E-state index in [-0.39, 0.29) is 11.8 Å². The van der Waals surface area contributed by atoms with E-state index in [4.69, 9.17) is 0 Å². The summed E-state index contributed by atoms with van der Waals surface area (Å²) in [6, 6.07) is 0.472. The second kappa shape index (κ2) is 4.45. The predicted octanol–water partition coefficient (Wildman–Crippen LogP) is 0.511. The number of carbonyl (C=O) groups excluding carboxylic acids is 1. The van der Waals surface area contributed by atoms with Crippen molar-refractivity contribution < 1.29 is 4.79 Å². The third-order valence-electron chi connectivity index (χ3n) is 2.17. The zero-order chi connectivity index (χ0) is 8.97. The van der Waals surface area contributed by atoms with Gasteiger partial charge in [0.15, 0.2) is 0 Å². The van der Waals surface area contributed by atoms with Crippen LogP contribution >= 0.6 is 0 Å². The van der Waals surface area contributed by atoms with Gasteiger partial charge in [0.1, 0.15) is 0 Å². The summed E-state index contributed by atoms with van der Waals surface area (Å²) < 4.78 is 0. The van der Waals surface area contributed by atoms with Crippen LogP contribution in [0.2, 0.25) is 0 Å². The molecule has 0 aromatic heterocycles. The van der Waals surface area contributed by atoms with Gasteiger partial charge >= 0.3 is 0 Å². The lowest BCUT2D eigenvalue weighted by atomic mass is 9.98. The van der Waals surface area contributed by atoms with Crippen LogP contribution in [0.15, 0.2) is 0 Å². The number of rotatable bonds is 3. The largest absolute Gasteiger partial charge is 0.356 e. The van der Waals surface area contributed by atoms with Crippen LogP contribution in [0.1, 0.15) is 26.7 Å². The summed E-state index contributed by atoms with van der Waals surface area (Å²) in [5.41, 5.74) is 0. The van der Waals surface area contributed by atoms with Crippen LogP contribution < -0.4 is 10.6 Å². The van der Waals surface area contributed by atoms with E-state index in [0.29, 0.717) is 6.04 Å². The number of piperidine rings is 1. The zero-order valence-corrected chi connectivity index (χ0v) is 7.89. The fourth-order valence-corrected chi connectivity index (χ4v) is 1.41. The molecule has 0 bridgehead atoms. The van der Waals surface area contributed by atoms with E-state index in [0.717, 1.165) is 25.9 Å². The molecule has 0 radical (unpaired) electrons. The Kier molecular flexibility index (Phi) is 3.53. The molecule has 1 atom stereocenters. The SMILES string of the molecule is CC(C)NCC1CCCNC1=O. The Hall–Kier alpha value is -0.570. The molecule has 3 nitrogen and oxygen atoms in total. The molecule has 70 valence electrons. The van der Waals surface area contributed by atoms with E-state index in [2.05, 4.69) is 24.5 Å². The van der Waals surface area contributed by atoms with Crippen LogP contribution in [0.25, 0.3) is 0 Å². The van der Waals surface area contributed by atoms with E-state index >= 15 is 0 Å². The molecule has 0 spiro atoms. The summed E-state index contributed by atoms with van der Waals surface area (Å²) in [5, 5.41) is 6.16. The lowest BCUT2D eigenvalue weighted by Gasteiger charge is -2.22. The highest BCUT2D eigenvalue weighted by Crippen LogP contribution is 2.09. The van der Waals surface area contributed by atoms with Crippen molar-refractivity contribution in [3.63, 3.8) is 0 Å². The van der Waals surface area contributed by atoms with Crippen LogP contribution in [0, 0.1) is 5.92 Å². The molecule has 0 aliphatic carbocycles. The van der Waals surface area contributed by atoms with Gasteiger partial charge in [-0.05, 0) is 12.8 Å². The standard InChI is InChI=1S/C9H18N2O/c1-7(2)11-6-8-4-3-5-10-9(8)12/h7-8,11H,3-6H2,1-2H3,(H,10,12). The zero-order valence-electron chi connectivity index (χ0n) is 7.89. The Balaban J connectivity index is 2.25. The number of amides is 1. The molecule has 1 saturated heterocycles. The molecule has 0 aromatic carbocycles. The summed E-state index contributed by atoms with van der Waals surface area (Å²) in [6.07, 6.45) is 2.15. The van der Waals surface area contributed by atoms with Gasteiger partial charge < -0.3 is 10.6 Å². The minimum absolute atomic E-state index is 0.196. The van der Waals surface area contributed by atoms with Crippen molar-refractivity contribution in [2.24, 2.45) is 5.92 Å². The van der Waals surface area contributed by atoms with Crippen LogP contribution in [0.5, 0.6) is 0 Å². The smallest absolute Gasteiger partial charge is 0.224 e. The summed E-state index contributed by atoms with van der Waals surface area (Å²) in [6.45, 7) is 5.88. The van der Waals surface area contributed by atoms with Gasteiger partial charge in [0.2, 0.25) is 5.91 Å². The average molecular weight is 170 g/mol. The van der Waals surface area contributed by atoms with Crippen molar-refractivity contribution in [1.29, 1.82) is 0 Å². The van der Waals surface area contributed by atoms with Gasteiger partial charge in [-0.1, -0.05) is 13.8 Å².